The van der Waals surface area contributed by atoms with E-state index in [-0.39, 0.29) is 0 Å². The van der Waals surface area contributed by atoms with Crippen molar-refractivity contribution >= 4 is 38.4 Å². The van der Waals surface area contributed by atoms with Crippen LogP contribution >= 0.6 is 27.3 Å². The maximum absolute atomic E-state index is 10.7. The number of nitrogens with zero attached hydrogens (tertiary/aromatic N) is 3. The van der Waals surface area contributed by atoms with Crippen molar-refractivity contribution in [1.29, 1.82) is 0 Å². The summed E-state index contributed by atoms with van der Waals surface area (Å²) >= 11 is 4.88. The van der Waals surface area contributed by atoms with Crippen molar-refractivity contribution in [1.82, 2.24) is 9.88 Å². The molecule has 82 valence electrons. The summed E-state index contributed by atoms with van der Waals surface area (Å²) in [4.78, 5) is 18.4. The second-order valence-corrected chi connectivity index (χ2v) is 5.49. The van der Waals surface area contributed by atoms with E-state index in [1.54, 1.807) is 11.3 Å². The third-order valence-electron chi connectivity index (χ3n) is 2.33. The molecule has 0 aromatic carbocycles. The minimum Gasteiger partial charge on any atom is -0.465 e. The quantitative estimate of drug-likeness (QED) is 0.856. The molecule has 0 radical (unpaired) electrons. The molecule has 7 heteroatoms. The van der Waals surface area contributed by atoms with E-state index in [0.717, 1.165) is 22.0 Å². The molecule has 1 aromatic rings. The SMILES string of the molecule is O=C(O)N1CCN(c2cnc(Br)s2)CC1. The molecule has 0 spiro atoms. The van der Waals surface area contributed by atoms with E-state index in [4.69, 9.17) is 5.11 Å². The van der Waals surface area contributed by atoms with Gasteiger partial charge in [0, 0.05) is 26.2 Å². The molecule has 1 amide bonds. The van der Waals surface area contributed by atoms with Crippen LogP contribution in [0.25, 0.3) is 0 Å². The number of carbonyl (C=O) groups is 1. The van der Waals surface area contributed by atoms with Crippen molar-refractivity contribution in [3.8, 4) is 0 Å². The highest BCUT2D eigenvalue weighted by Crippen LogP contribution is 2.27. The summed E-state index contributed by atoms with van der Waals surface area (Å²) in [5.41, 5.74) is 0. The van der Waals surface area contributed by atoms with Gasteiger partial charge in [-0.3, -0.25) is 0 Å². The van der Waals surface area contributed by atoms with Gasteiger partial charge in [-0.1, -0.05) is 11.3 Å². The van der Waals surface area contributed by atoms with Crippen LogP contribution in [-0.2, 0) is 0 Å². The van der Waals surface area contributed by atoms with Gasteiger partial charge in [0.15, 0.2) is 3.92 Å². The Morgan fingerprint density at radius 1 is 1.47 bits per heavy atom. The molecule has 1 N–H and O–H groups in total. The summed E-state index contributed by atoms with van der Waals surface area (Å²) in [5, 5.41) is 9.88. The highest BCUT2D eigenvalue weighted by Gasteiger charge is 2.21. The van der Waals surface area contributed by atoms with Crippen LogP contribution in [0, 0.1) is 0 Å². The molecule has 1 saturated heterocycles. The molecular formula is C8H10BrN3O2S. The Bertz CT molecular complexity index is 363. The summed E-state index contributed by atoms with van der Waals surface area (Å²) < 4.78 is 0.859. The fourth-order valence-electron chi connectivity index (χ4n) is 1.51. The van der Waals surface area contributed by atoms with E-state index in [2.05, 4.69) is 25.8 Å². The van der Waals surface area contributed by atoms with E-state index in [9.17, 15) is 4.79 Å². The maximum atomic E-state index is 10.7. The van der Waals surface area contributed by atoms with E-state index >= 15 is 0 Å². The zero-order valence-corrected chi connectivity index (χ0v) is 10.3. The van der Waals surface area contributed by atoms with Gasteiger partial charge in [-0.25, -0.2) is 9.78 Å². The number of hydrogen-bond acceptors (Lipinski definition) is 4. The first-order valence-electron chi connectivity index (χ1n) is 4.51. The molecule has 2 rings (SSSR count). The van der Waals surface area contributed by atoms with Crippen LogP contribution in [0.4, 0.5) is 9.80 Å². The predicted molar refractivity (Wildman–Crippen MR) is 61.6 cm³/mol. The van der Waals surface area contributed by atoms with Crippen LogP contribution in [-0.4, -0.2) is 47.3 Å². The minimum atomic E-state index is -0.833. The summed E-state index contributed by atoms with van der Waals surface area (Å²) in [5.74, 6) is 0. The van der Waals surface area contributed by atoms with Crippen molar-refractivity contribution in [2.45, 2.75) is 0 Å². The Morgan fingerprint density at radius 3 is 2.60 bits per heavy atom. The number of anilines is 1. The predicted octanol–water partition coefficient (Wildman–Crippen LogP) is 1.71. The first-order valence-corrected chi connectivity index (χ1v) is 6.12. The molecular weight excluding hydrogens is 282 g/mol. The molecule has 1 aromatic heterocycles. The highest BCUT2D eigenvalue weighted by molar-refractivity contribution is 9.11. The maximum Gasteiger partial charge on any atom is 0.407 e. The molecule has 0 unspecified atom stereocenters. The van der Waals surface area contributed by atoms with Gasteiger partial charge in [-0.15, -0.1) is 0 Å². The van der Waals surface area contributed by atoms with Gasteiger partial charge >= 0.3 is 6.09 Å². The monoisotopic (exact) mass is 291 g/mol. The van der Waals surface area contributed by atoms with Gasteiger partial charge < -0.3 is 14.9 Å². The Labute approximate surface area is 99.5 Å². The Balaban J connectivity index is 1.96. The van der Waals surface area contributed by atoms with E-state index in [1.165, 1.54) is 4.90 Å². The number of halogens is 1. The van der Waals surface area contributed by atoms with Crippen LogP contribution < -0.4 is 4.90 Å². The summed E-state index contributed by atoms with van der Waals surface area (Å²) in [7, 11) is 0. The lowest BCUT2D eigenvalue weighted by Gasteiger charge is -2.33. The Kier molecular flexibility index (Phi) is 3.11. The number of amides is 1. The van der Waals surface area contributed by atoms with E-state index in [0.29, 0.717) is 13.1 Å². The summed E-state index contributed by atoms with van der Waals surface area (Å²) in [6.07, 6.45) is 0.977. The number of carboxylic acid groups (broad SMARTS) is 1. The van der Waals surface area contributed by atoms with E-state index in [1.807, 2.05) is 6.20 Å². The van der Waals surface area contributed by atoms with Crippen molar-refractivity contribution in [2.24, 2.45) is 0 Å². The zero-order valence-electron chi connectivity index (χ0n) is 7.89. The summed E-state index contributed by atoms with van der Waals surface area (Å²) in [6, 6.07) is 0. The molecule has 1 aliphatic rings. The first-order chi connectivity index (χ1) is 7.16. The van der Waals surface area contributed by atoms with Crippen molar-refractivity contribution < 1.29 is 9.90 Å². The Morgan fingerprint density at radius 2 is 2.13 bits per heavy atom. The van der Waals surface area contributed by atoms with Gasteiger partial charge in [-0.05, 0) is 15.9 Å². The summed E-state index contributed by atoms with van der Waals surface area (Å²) in [6.45, 7) is 2.59. The average Bonchev–Trinajstić information content (AvgIpc) is 2.65. The van der Waals surface area contributed by atoms with Crippen LogP contribution in [0.15, 0.2) is 10.1 Å². The largest absolute Gasteiger partial charge is 0.465 e. The average molecular weight is 292 g/mol. The number of hydrogen-bond donors (Lipinski definition) is 1. The molecule has 0 bridgehead atoms. The highest BCUT2D eigenvalue weighted by atomic mass is 79.9. The van der Waals surface area contributed by atoms with Crippen LogP contribution in [0.3, 0.4) is 0 Å². The van der Waals surface area contributed by atoms with Crippen molar-refractivity contribution in [3.63, 3.8) is 0 Å². The number of piperazine rings is 1. The smallest absolute Gasteiger partial charge is 0.407 e. The lowest BCUT2D eigenvalue weighted by molar-refractivity contribution is 0.142. The molecule has 15 heavy (non-hydrogen) atoms. The fourth-order valence-corrected chi connectivity index (χ4v) is 2.80. The number of thiazole rings is 1. The third-order valence-corrected chi connectivity index (χ3v) is 3.86. The minimum absolute atomic E-state index is 0.560. The number of aromatic nitrogens is 1. The van der Waals surface area contributed by atoms with Gasteiger partial charge in [-0.2, -0.15) is 0 Å². The van der Waals surface area contributed by atoms with Gasteiger partial charge in [0.05, 0.1) is 6.20 Å². The molecule has 0 aliphatic carbocycles. The van der Waals surface area contributed by atoms with Crippen LogP contribution in [0.5, 0.6) is 0 Å². The molecule has 1 fully saturated rings. The molecule has 2 heterocycles. The second-order valence-electron chi connectivity index (χ2n) is 3.21. The molecule has 0 saturated carbocycles. The lowest BCUT2D eigenvalue weighted by Crippen LogP contribution is -2.48. The first kappa shape index (κ1) is 10.7. The van der Waals surface area contributed by atoms with Crippen LogP contribution in [0.1, 0.15) is 0 Å². The van der Waals surface area contributed by atoms with Gasteiger partial charge in [0.1, 0.15) is 5.00 Å². The fraction of sp³-hybridized carbons (Fsp3) is 0.500. The van der Waals surface area contributed by atoms with Gasteiger partial charge in [0.25, 0.3) is 0 Å². The number of rotatable bonds is 1. The lowest BCUT2D eigenvalue weighted by atomic mass is 10.3. The third kappa shape index (κ3) is 2.40. The van der Waals surface area contributed by atoms with Gasteiger partial charge in [0.2, 0.25) is 0 Å². The van der Waals surface area contributed by atoms with E-state index < -0.39 is 6.09 Å². The molecule has 0 atom stereocenters. The molecule has 5 nitrogen and oxygen atoms in total. The zero-order chi connectivity index (χ0) is 10.8. The molecule has 1 aliphatic heterocycles. The normalized spacial score (nSPS) is 16.9. The second kappa shape index (κ2) is 4.36. The Hall–Kier alpha value is -0.820. The van der Waals surface area contributed by atoms with Crippen molar-refractivity contribution in [2.75, 3.05) is 31.1 Å². The van der Waals surface area contributed by atoms with Crippen molar-refractivity contribution in [3.05, 3.63) is 10.1 Å². The standard InChI is InChI=1S/C8H10BrN3O2S/c9-7-10-5-6(15-7)11-1-3-12(4-2-11)8(13)14/h5H,1-4H2,(H,13,14). The topological polar surface area (TPSA) is 56.7 Å². The van der Waals surface area contributed by atoms with Crippen LogP contribution in [0.2, 0.25) is 0 Å².